The minimum atomic E-state index is -0.893. The molecule has 0 unspecified atom stereocenters. The van der Waals surface area contributed by atoms with Crippen LogP contribution in [-0.4, -0.2) is 28.2 Å². The Hall–Kier alpha value is -3.65. The van der Waals surface area contributed by atoms with Crippen LogP contribution in [0, 0.1) is 0 Å². The molecule has 2 aromatic carbocycles. The van der Waals surface area contributed by atoms with Gasteiger partial charge in [0.25, 0.3) is 0 Å². The molecule has 0 saturated heterocycles. The number of benzene rings is 2. The van der Waals surface area contributed by atoms with Crippen molar-refractivity contribution in [2.45, 2.75) is 0 Å². The maximum Gasteiger partial charge on any atom is 0.329 e. The fourth-order valence-corrected chi connectivity index (χ4v) is 2.78. The highest BCUT2D eigenvalue weighted by Gasteiger charge is 2.15. The van der Waals surface area contributed by atoms with Crippen LogP contribution in [0.2, 0.25) is 0 Å². The van der Waals surface area contributed by atoms with E-state index in [1.165, 1.54) is 17.6 Å². The number of hydrazone groups is 1. The molecule has 0 aliphatic rings. The lowest BCUT2D eigenvalue weighted by molar-refractivity contribution is -0.136. The SMILES string of the molecule is O=C(N/N=C/C=C/c1ccccc1)C(=O)Nc1nnc(-c2ccccc2)s1. The predicted octanol–water partition coefficient (Wildman–Crippen LogP) is 2.96. The van der Waals surface area contributed by atoms with Crippen molar-refractivity contribution in [2.75, 3.05) is 5.32 Å². The summed E-state index contributed by atoms with van der Waals surface area (Å²) >= 11 is 1.18. The summed E-state index contributed by atoms with van der Waals surface area (Å²) in [6.45, 7) is 0. The first-order chi connectivity index (χ1) is 13.2. The van der Waals surface area contributed by atoms with Gasteiger partial charge < -0.3 is 0 Å². The summed E-state index contributed by atoms with van der Waals surface area (Å²) in [5.41, 5.74) is 4.03. The smallest absolute Gasteiger partial charge is 0.292 e. The Morgan fingerprint density at radius 2 is 1.63 bits per heavy atom. The molecule has 7 nitrogen and oxygen atoms in total. The molecule has 0 aliphatic carbocycles. The lowest BCUT2D eigenvalue weighted by Crippen LogP contribution is -2.32. The second kappa shape index (κ2) is 9.16. The van der Waals surface area contributed by atoms with Crippen molar-refractivity contribution >= 4 is 40.6 Å². The largest absolute Gasteiger partial charge is 0.329 e. The van der Waals surface area contributed by atoms with Gasteiger partial charge in [0.1, 0.15) is 5.01 Å². The number of allylic oxidation sites excluding steroid dienone is 1. The maximum absolute atomic E-state index is 11.9. The monoisotopic (exact) mass is 377 g/mol. The summed E-state index contributed by atoms with van der Waals surface area (Å²) in [5, 5.41) is 14.8. The molecule has 0 spiro atoms. The van der Waals surface area contributed by atoms with Gasteiger partial charge in [-0.25, -0.2) is 5.43 Å². The van der Waals surface area contributed by atoms with Crippen LogP contribution in [-0.2, 0) is 9.59 Å². The van der Waals surface area contributed by atoms with Crippen molar-refractivity contribution in [3.63, 3.8) is 0 Å². The molecule has 0 radical (unpaired) electrons. The number of amides is 2. The van der Waals surface area contributed by atoms with Crippen molar-refractivity contribution in [1.29, 1.82) is 0 Å². The highest BCUT2D eigenvalue weighted by molar-refractivity contribution is 7.18. The molecule has 2 amide bonds. The van der Waals surface area contributed by atoms with E-state index in [1.807, 2.05) is 66.7 Å². The number of rotatable bonds is 5. The van der Waals surface area contributed by atoms with Crippen molar-refractivity contribution in [1.82, 2.24) is 15.6 Å². The van der Waals surface area contributed by atoms with E-state index in [0.29, 0.717) is 5.01 Å². The standard InChI is InChI=1S/C19H15N5O2S/c25-16(17(26)22-20-13-7-10-14-8-3-1-4-9-14)21-19-24-23-18(27-19)15-11-5-2-6-12-15/h1-13H,(H,22,26)(H,21,24,25)/b10-7+,20-13+. The van der Waals surface area contributed by atoms with E-state index in [0.717, 1.165) is 11.1 Å². The van der Waals surface area contributed by atoms with Crippen LogP contribution >= 0.6 is 11.3 Å². The summed E-state index contributed by atoms with van der Waals surface area (Å²) in [7, 11) is 0. The Balaban J connectivity index is 1.49. The molecular formula is C19H15N5O2S. The second-order valence-electron chi connectivity index (χ2n) is 5.22. The van der Waals surface area contributed by atoms with Gasteiger partial charge in [0.05, 0.1) is 0 Å². The third-order valence-corrected chi connectivity index (χ3v) is 4.18. The number of carbonyl (C=O) groups is 2. The first-order valence-electron chi connectivity index (χ1n) is 7.97. The Labute approximate surface area is 159 Å². The molecule has 27 heavy (non-hydrogen) atoms. The molecule has 3 rings (SSSR count). The molecule has 1 aromatic heterocycles. The van der Waals surface area contributed by atoms with Gasteiger partial charge in [0.2, 0.25) is 5.13 Å². The zero-order valence-electron chi connectivity index (χ0n) is 14.1. The van der Waals surface area contributed by atoms with Gasteiger partial charge in [0, 0.05) is 11.8 Å². The Kier molecular flexibility index (Phi) is 6.16. The van der Waals surface area contributed by atoms with Crippen LogP contribution in [0.3, 0.4) is 0 Å². The van der Waals surface area contributed by atoms with E-state index in [2.05, 4.69) is 26.0 Å². The molecule has 0 fully saturated rings. The summed E-state index contributed by atoms with van der Waals surface area (Å²) < 4.78 is 0. The molecular weight excluding hydrogens is 362 g/mol. The fourth-order valence-electron chi connectivity index (χ4n) is 2.03. The molecule has 0 saturated carbocycles. The second-order valence-corrected chi connectivity index (χ2v) is 6.20. The topological polar surface area (TPSA) is 96.3 Å². The van der Waals surface area contributed by atoms with Crippen LogP contribution in [0.15, 0.2) is 71.8 Å². The molecule has 8 heteroatoms. The fraction of sp³-hybridized carbons (Fsp3) is 0. The number of anilines is 1. The molecule has 1 heterocycles. The lowest BCUT2D eigenvalue weighted by Gasteiger charge is -1.98. The van der Waals surface area contributed by atoms with E-state index in [4.69, 9.17) is 0 Å². The minimum Gasteiger partial charge on any atom is -0.292 e. The van der Waals surface area contributed by atoms with Crippen LogP contribution in [0.1, 0.15) is 5.56 Å². The number of hydrogen-bond acceptors (Lipinski definition) is 6. The van der Waals surface area contributed by atoms with Crippen molar-refractivity contribution in [2.24, 2.45) is 5.10 Å². The van der Waals surface area contributed by atoms with E-state index >= 15 is 0 Å². The highest BCUT2D eigenvalue weighted by atomic mass is 32.1. The molecule has 0 atom stereocenters. The third kappa shape index (κ3) is 5.41. The quantitative estimate of drug-likeness (QED) is 0.406. The van der Waals surface area contributed by atoms with Crippen LogP contribution in [0.5, 0.6) is 0 Å². The normalized spacial score (nSPS) is 11.0. The summed E-state index contributed by atoms with van der Waals surface area (Å²) in [6.07, 6.45) is 4.86. The lowest BCUT2D eigenvalue weighted by atomic mass is 10.2. The molecule has 134 valence electrons. The Morgan fingerprint density at radius 1 is 0.926 bits per heavy atom. The molecule has 0 bridgehead atoms. The first-order valence-corrected chi connectivity index (χ1v) is 8.79. The van der Waals surface area contributed by atoms with Crippen LogP contribution < -0.4 is 10.7 Å². The Bertz CT molecular complexity index is 968. The van der Waals surface area contributed by atoms with E-state index in [1.54, 1.807) is 6.08 Å². The van der Waals surface area contributed by atoms with Gasteiger partial charge in [-0.05, 0) is 11.6 Å². The Morgan fingerprint density at radius 3 is 2.37 bits per heavy atom. The van der Waals surface area contributed by atoms with Gasteiger partial charge in [-0.15, -0.1) is 10.2 Å². The average Bonchev–Trinajstić information content (AvgIpc) is 3.17. The summed E-state index contributed by atoms with van der Waals surface area (Å²) in [5.74, 6) is -1.76. The molecule has 0 aliphatic heterocycles. The van der Waals surface area contributed by atoms with Crippen molar-refractivity contribution in [3.05, 3.63) is 72.3 Å². The summed E-state index contributed by atoms with van der Waals surface area (Å²) in [6, 6.07) is 19.0. The van der Waals surface area contributed by atoms with E-state index < -0.39 is 11.8 Å². The van der Waals surface area contributed by atoms with E-state index in [-0.39, 0.29) is 5.13 Å². The van der Waals surface area contributed by atoms with Gasteiger partial charge in [-0.3, -0.25) is 14.9 Å². The van der Waals surface area contributed by atoms with E-state index in [9.17, 15) is 9.59 Å². The van der Waals surface area contributed by atoms with Crippen molar-refractivity contribution < 1.29 is 9.59 Å². The van der Waals surface area contributed by atoms with Gasteiger partial charge >= 0.3 is 11.8 Å². The maximum atomic E-state index is 11.9. The number of nitrogens with one attached hydrogen (secondary N) is 2. The zero-order chi connectivity index (χ0) is 18.9. The molecule has 3 aromatic rings. The predicted molar refractivity (Wildman–Crippen MR) is 106 cm³/mol. The number of carbonyl (C=O) groups excluding carboxylic acids is 2. The van der Waals surface area contributed by atoms with Gasteiger partial charge in [0.15, 0.2) is 0 Å². The number of aromatic nitrogens is 2. The van der Waals surface area contributed by atoms with Gasteiger partial charge in [-0.1, -0.05) is 78.1 Å². The highest BCUT2D eigenvalue weighted by Crippen LogP contribution is 2.25. The minimum absolute atomic E-state index is 0.238. The van der Waals surface area contributed by atoms with Crippen molar-refractivity contribution in [3.8, 4) is 10.6 Å². The summed E-state index contributed by atoms with van der Waals surface area (Å²) in [4.78, 5) is 23.6. The molecule has 2 N–H and O–H groups in total. The van der Waals surface area contributed by atoms with Gasteiger partial charge in [-0.2, -0.15) is 5.10 Å². The van der Waals surface area contributed by atoms with Crippen LogP contribution in [0.4, 0.5) is 5.13 Å². The number of nitrogens with zero attached hydrogens (tertiary/aromatic N) is 3. The third-order valence-electron chi connectivity index (χ3n) is 3.29. The average molecular weight is 377 g/mol. The van der Waals surface area contributed by atoms with Crippen LogP contribution in [0.25, 0.3) is 16.6 Å². The number of hydrogen-bond donors (Lipinski definition) is 2. The zero-order valence-corrected chi connectivity index (χ0v) is 14.9. The first kappa shape index (κ1) is 18.2.